The SMILES string of the molecule is O=C1Nc2cc(F)c(F)c([N+](=O)[O-])c2C(=O)C1=NOC(=O)c1ccccc1. The number of oxime groups is 1. The Balaban J connectivity index is 2.01. The van der Waals surface area contributed by atoms with Crippen LogP contribution in [0.4, 0.5) is 20.2 Å². The van der Waals surface area contributed by atoms with Crippen molar-refractivity contribution in [2.75, 3.05) is 5.32 Å². The Bertz CT molecular complexity index is 1040. The first-order valence-corrected chi connectivity index (χ1v) is 7.18. The Morgan fingerprint density at radius 1 is 1.19 bits per heavy atom. The van der Waals surface area contributed by atoms with Crippen molar-refractivity contribution in [2.24, 2.45) is 5.16 Å². The summed E-state index contributed by atoms with van der Waals surface area (Å²) in [6.45, 7) is 0. The number of rotatable bonds is 3. The maximum Gasteiger partial charge on any atom is 0.365 e. The third-order valence-corrected chi connectivity index (χ3v) is 3.51. The van der Waals surface area contributed by atoms with Crippen molar-refractivity contribution in [3.8, 4) is 0 Å². The number of nitrogens with one attached hydrogen (secondary N) is 1. The van der Waals surface area contributed by atoms with Gasteiger partial charge in [-0.2, -0.15) is 4.39 Å². The highest BCUT2D eigenvalue weighted by Crippen LogP contribution is 2.34. The average molecular weight is 375 g/mol. The molecular weight excluding hydrogens is 368 g/mol. The van der Waals surface area contributed by atoms with Crippen LogP contribution >= 0.6 is 0 Å². The summed E-state index contributed by atoms with van der Waals surface area (Å²) >= 11 is 0. The van der Waals surface area contributed by atoms with Gasteiger partial charge in [0.1, 0.15) is 5.56 Å². The highest BCUT2D eigenvalue weighted by Gasteiger charge is 2.40. The van der Waals surface area contributed by atoms with Crippen LogP contribution < -0.4 is 5.32 Å². The topological polar surface area (TPSA) is 128 Å². The minimum absolute atomic E-state index is 0.0602. The molecule has 0 saturated carbocycles. The lowest BCUT2D eigenvalue weighted by atomic mass is 9.97. The molecule has 1 heterocycles. The molecule has 0 aromatic heterocycles. The van der Waals surface area contributed by atoms with E-state index in [1.54, 1.807) is 6.07 Å². The smallest absolute Gasteiger partial charge is 0.319 e. The molecule has 0 fully saturated rings. The molecule has 1 aliphatic rings. The number of carbonyl (C=O) groups excluding carboxylic acids is 3. The zero-order valence-corrected chi connectivity index (χ0v) is 13.1. The first kappa shape index (κ1) is 17.8. The van der Waals surface area contributed by atoms with E-state index in [2.05, 4.69) is 9.99 Å². The van der Waals surface area contributed by atoms with Gasteiger partial charge in [-0.25, -0.2) is 9.18 Å². The summed E-state index contributed by atoms with van der Waals surface area (Å²) in [5.41, 5.74) is -3.93. The van der Waals surface area contributed by atoms with Crippen LogP contribution in [-0.2, 0) is 9.63 Å². The number of benzene rings is 2. The van der Waals surface area contributed by atoms with Crippen LogP contribution in [0.3, 0.4) is 0 Å². The lowest BCUT2D eigenvalue weighted by Gasteiger charge is -2.17. The normalized spacial score (nSPS) is 14.5. The number of carbonyl (C=O) groups is 3. The molecule has 1 N–H and O–H groups in total. The highest BCUT2D eigenvalue weighted by atomic mass is 19.2. The van der Waals surface area contributed by atoms with Crippen LogP contribution in [0.15, 0.2) is 41.6 Å². The molecule has 0 radical (unpaired) electrons. The van der Waals surface area contributed by atoms with Crippen LogP contribution in [0, 0.1) is 21.7 Å². The van der Waals surface area contributed by atoms with Gasteiger partial charge in [0, 0.05) is 6.07 Å². The Labute approximate surface area is 148 Å². The Morgan fingerprint density at radius 2 is 1.85 bits per heavy atom. The minimum atomic E-state index is -1.87. The van der Waals surface area contributed by atoms with Gasteiger partial charge in [0.15, 0.2) is 5.82 Å². The lowest BCUT2D eigenvalue weighted by molar-refractivity contribution is -0.388. The van der Waals surface area contributed by atoms with Gasteiger partial charge < -0.3 is 10.2 Å². The van der Waals surface area contributed by atoms with Crippen molar-refractivity contribution < 1.29 is 32.9 Å². The fourth-order valence-corrected chi connectivity index (χ4v) is 2.31. The van der Waals surface area contributed by atoms with E-state index in [1.807, 2.05) is 5.32 Å². The zero-order valence-electron chi connectivity index (χ0n) is 13.1. The summed E-state index contributed by atoms with van der Waals surface area (Å²) in [5.74, 6) is -7.09. The van der Waals surface area contributed by atoms with Crippen molar-refractivity contribution >= 4 is 34.7 Å². The van der Waals surface area contributed by atoms with Crippen LogP contribution in [0.5, 0.6) is 0 Å². The molecule has 3 rings (SSSR count). The van der Waals surface area contributed by atoms with Gasteiger partial charge in [0.25, 0.3) is 5.91 Å². The molecule has 136 valence electrons. The number of ketones is 1. The van der Waals surface area contributed by atoms with Gasteiger partial charge in [-0.3, -0.25) is 19.7 Å². The maximum absolute atomic E-state index is 13.8. The van der Waals surface area contributed by atoms with E-state index in [0.29, 0.717) is 6.07 Å². The number of anilines is 1. The van der Waals surface area contributed by atoms with Crippen molar-refractivity contribution in [3.05, 3.63) is 69.3 Å². The summed E-state index contributed by atoms with van der Waals surface area (Å²) in [6, 6.07) is 7.87. The fraction of sp³-hybridized carbons (Fsp3) is 0. The van der Waals surface area contributed by atoms with Gasteiger partial charge in [-0.15, -0.1) is 0 Å². The summed E-state index contributed by atoms with van der Waals surface area (Å²) in [5, 5.41) is 16.2. The molecule has 27 heavy (non-hydrogen) atoms. The predicted octanol–water partition coefficient (Wildman–Crippen LogP) is 2.22. The molecule has 0 saturated heterocycles. The largest absolute Gasteiger partial charge is 0.365 e. The number of hydrogen-bond donors (Lipinski definition) is 1. The zero-order chi connectivity index (χ0) is 19.7. The van der Waals surface area contributed by atoms with Gasteiger partial charge in [0.2, 0.25) is 17.3 Å². The molecule has 0 unspecified atom stereocenters. The first-order chi connectivity index (χ1) is 12.8. The number of fused-ring (bicyclic) bond motifs is 1. The number of nitrogens with zero attached hydrogens (tertiary/aromatic N) is 2. The number of nitro benzene ring substituents is 1. The van der Waals surface area contributed by atoms with Crippen molar-refractivity contribution in [1.29, 1.82) is 0 Å². The van der Waals surface area contributed by atoms with Crippen LogP contribution in [-0.4, -0.2) is 28.3 Å². The van der Waals surface area contributed by atoms with E-state index in [9.17, 15) is 33.3 Å². The number of Topliss-reactive ketones (excluding diaryl/α,β-unsaturated/α-hetero) is 1. The second-order valence-electron chi connectivity index (χ2n) is 5.17. The van der Waals surface area contributed by atoms with E-state index in [-0.39, 0.29) is 5.56 Å². The molecule has 9 nitrogen and oxygen atoms in total. The molecule has 2 aromatic carbocycles. The van der Waals surface area contributed by atoms with Gasteiger partial charge in [-0.05, 0) is 12.1 Å². The maximum atomic E-state index is 13.8. The Hall–Kier alpha value is -4.02. The molecule has 2 aromatic rings. The summed E-state index contributed by atoms with van der Waals surface area (Å²) < 4.78 is 27.2. The van der Waals surface area contributed by atoms with Crippen LogP contribution in [0.2, 0.25) is 0 Å². The lowest BCUT2D eigenvalue weighted by Crippen LogP contribution is -2.37. The second kappa shape index (κ2) is 6.71. The Kier molecular flexibility index (Phi) is 4.42. The molecule has 11 heteroatoms. The van der Waals surface area contributed by atoms with Gasteiger partial charge in [0.05, 0.1) is 16.2 Å². The summed E-state index contributed by atoms with van der Waals surface area (Å²) in [4.78, 5) is 50.4. The van der Waals surface area contributed by atoms with Crippen LogP contribution in [0.25, 0.3) is 0 Å². The monoisotopic (exact) mass is 375 g/mol. The molecular formula is C16H7F2N3O6. The third-order valence-electron chi connectivity index (χ3n) is 3.51. The van der Waals surface area contributed by atoms with Crippen molar-refractivity contribution in [3.63, 3.8) is 0 Å². The first-order valence-electron chi connectivity index (χ1n) is 7.18. The van der Waals surface area contributed by atoms with Gasteiger partial charge in [-0.1, -0.05) is 23.4 Å². The molecule has 0 bridgehead atoms. The standard InChI is InChI=1S/C16H7F2N3O6/c17-8-6-9-10(13(11(8)18)21(25)26)14(22)12(15(23)19-9)20-27-16(24)7-4-2-1-3-5-7/h1-6H,(H,19,23). The number of halogens is 2. The number of amides is 1. The predicted molar refractivity (Wildman–Crippen MR) is 85.3 cm³/mol. The quantitative estimate of drug-likeness (QED) is 0.498. The molecule has 0 spiro atoms. The van der Waals surface area contributed by atoms with E-state index < -0.39 is 56.9 Å². The minimum Gasteiger partial charge on any atom is -0.319 e. The molecule has 0 aliphatic carbocycles. The van der Waals surface area contributed by atoms with E-state index in [1.165, 1.54) is 24.3 Å². The van der Waals surface area contributed by atoms with E-state index >= 15 is 0 Å². The molecule has 1 aliphatic heterocycles. The van der Waals surface area contributed by atoms with E-state index in [0.717, 1.165) is 0 Å². The summed E-state index contributed by atoms with van der Waals surface area (Å²) in [7, 11) is 0. The highest BCUT2D eigenvalue weighted by molar-refractivity contribution is 6.73. The van der Waals surface area contributed by atoms with Gasteiger partial charge >= 0.3 is 11.7 Å². The number of hydrogen-bond acceptors (Lipinski definition) is 7. The molecule has 1 amide bonds. The Morgan fingerprint density at radius 3 is 2.48 bits per heavy atom. The fourth-order valence-electron chi connectivity index (χ4n) is 2.31. The van der Waals surface area contributed by atoms with Crippen molar-refractivity contribution in [1.82, 2.24) is 0 Å². The van der Waals surface area contributed by atoms with Crippen molar-refractivity contribution in [2.45, 2.75) is 0 Å². The number of nitro groups is 1. The second-order valence-corrected chi connectivity index (χ2v) is 5.17. The third kappa shape index (κ3) is 3.13. The molecule has 0 atom stereocenters. The van der Waals surface area contributed by atoms with E-state index in [4.69, 9.17) is 0 Å². The average Bonchev–Trinajstić information content (AvgIpc) is 2.63. The van der Waals surface area contributed by atoms with Crippen LogP contribution in [0.1, 0.15) is 20.7 Å². The summed E-state index contributed by atoms with van der Waals surface area (Å²) in [6.07, 6.45) is 0.